The molecule has 144 valence electrons. The Morgan fingerprint density at radius 3 is 2.21 bits per heavy atom. The number of esters is 2. The second-order valence-electron chi connectivity index (χ2n) is 5.73. The molecule has 0 radical (unpaired) electrons. The molecule has 7 heteroatoms. The molecule has 0 saturated heterocycles. The van der Waals surface area contributed by atoms with Crippen LogP contribution in [-0.2, 0) is 9.47 Å². The average Bonchev–Trinajstić information content (AvgIpc) is 3.14. The number of benzene rings is 2. The van der Waals surface area contributed by atoms with Gasteiger partial charge in [0, 0.05) is 5.56 Å². The van der Waals surface area contributed by atoms with Crippen LogP contribution in [0.5, 0.6) is 5.75 Å². The van der Waals surface area contributed by atoms with Crippen LogP contribution in [0.3, 0.4) is 0 Å². The highest BCUT2D eigenvalue weighted by Gasteiger charge is 2.32. The van der Waals surface area contributed by atoms with Gasteiger partial charge in [0.2, 0.25) is 0 Å². The van der Waals surface area contributed by atoms with Gasteiger partial charge in [-0.15, -0.1) is 0 Å². The van der Waals surface area contributed by atoms with Gasteiger partial charge in [-0.2, -0.15) is 5.10 Å². The number of rotatable bonds is 6. The van der Waals surface area contributed by atoms with E-state index in [1.165, 1.54) is 18.9 Å². The molecular formula is C21H20N2O5. The van der Waals surface area contributed by atoms with E-state index in [-0.39, 0.29) is 17.0 Å². The van der Waals surface area contributed by atoms with Gasteiger partial charge in [-0.3, -0.25) is 0 Å². The fourth-order valence-corrected chi connectivity index (χ4v) is 2.89. The van der Waals surface area contributed by atoms with E-state index in [9.17, 15) is 9.59 Å². The van der Waals surface area contributed by atoms with Crippen molar-refractivity contribution in [1.29, 1.82) is 0 Å². The number of hydrogen-bond donors (Lipinski definition) is 0. The van der Waals surface area contributed by atoms with E-state index >= 15 is 0 Å². The lowest BCUT2D eigenvalue weighted by atomic mass is 10.0. The summed E-state index contributed by atoms with van der Waals surface area (Å²) in [5, 5.41) is 4.57. The molecule has 3 rings (SSSR count). The SMILES string of the molecule is CCOc1ccccc1-c1nn(-c2ccccc2)c(C(=O)OC)c1C(=O)OC. The quantitative estimate of drug-likeness (QED) is 0.609. The van der Waals surface area contributed by atoms with Crippen LogP contribution >= 0.6 is 0 Å². The number of hydrogen-bond acceptors (Lipinski definition) is 6. The summed E-state index contributed by atoms with van der Waals surface area (Å²) in [6, 6.07) is 16.2. The van der Waals surface area contributed by atoms with Crippen molar-refractivity contribution in [2.75, 3.05) is 20.8 Å². The Morgan fingerprint density at radius 2 is 1.57 bits per heavy atom. The zero-order valence-electron chi connectivity index (χ0n) is 15.8. The number of para-hydroxylation sites is 2. The van der Waals surface area contributed by atoms with Crippen LogP contribution < -0.4 is 4.74 Å². The van der Waals surface area contributed by atoms with Crippen LogP contribution in [0.15, 0.2) is 54.6 Å². The van der Waals surface area contributed by atoms with E-state index in [2.05, 4.69) is 5.10 Å². The van der Waals surface area contributed by atoms with Crippen molar-refractivity contribution in [3.8, 4) is 22.7 Å². The summed E-state index contributed by atoms with van der Waals surface area (Å²) in [4.78, 5) is 25.2. The number of nitrogens with zero attached hydrogens (tertiary/aromatic N) is 2. The van der Waals surface area contributed by atoms with Gasteiger partial charge in [0.05, 0.1) is 26.5 Å². The van der Waals surface area contributed by atoms with E-state index < -0.39 is 11.9 Å². The molecule has 0 unspecified atom stereocenters. The first-order chi connectivity index (χ1) is 13.6. The van der Waals surface area contributed by atoms with E-state index in [1.54, 1.807) is 30.3 Å². The lowest BCUT2D eigenvalue weighted by Gasteiger charge is -2.09. The predicted molar refractivity (Wildman–Crippen MR) is 103 cm³/mol. The summed E-state index contributed by atoms with van der Waals surface area (Å²) in [6.45, 7) is 2.30. The van der Waals surface area contributed by atoms with Crippen molar-refractivity contribution in [3.63, 3.8) is 0 Å². The normalized spacial score (nSPS) is 10.4. The molecule has 0 fully saturated rings. The summed E-state index contributed by atoms with van der Waals surface area (Å²) < 4.78 is 16.9. The molecule has 0 aliphatic rings. The van der Waals surface area contributed by atoms with Gasteiger partial charge in [-0.05, 0) is 31.2 Å². The molecule has 3 aromatic rings. The average molecular weight is 380 g/mol. The van der Waals surface area contributed by atoms with Crippen molar-refractivity contribution in [1.82, 2.24) is 9.78 Å². The predicted octanol–water partition coefficient (Wildman–Crippen LogP) is 3.51. The molecule has 0 spiro atoms. The van der Waals surface area contributed by atoms with Gasteiger partial charge in [0.15, 0.2) is 5.69 Å². The first-order valence-electron chi connectivity index (χ1n) is 8.69. The molecular weight excluding hydrogens is 360 g/mol. The van der Waals surface area contributed by atoms with E-state index in [1.807, 2.05) is 31.2 Å². The molecule has 0 bridgehead atoms. The highest BCUT2D eigenvalue weighted by atomic mass is 16.5. The minimum absolute atomic E-state index is 0.0122. The minimum Gasteiger partial charge on any atom is -0.493 e. The van der Waals surface area contributed by atoms with E-state index in [0.29, 0.717) is 23.6 Å². The Morgan fingerprint density at radius 1 is 0.929 bits per heavy atom. The standard InChI is InChI=1S/C21H20N2O5/c1-4-28-16-13-9-8-12-15(16)18-17(20(24)26-2)19(21(25)27-3)23(22-18)14-10-6-5-7-11-14/h5-13H,4H2,1-3H3. The Balaban J connectivity index is 2.36. The smallest absolute Gasteiger partial charge is 0.357 e. The van der Waals surface area contributed by atoms with Gasteiger partial charge < -0.3 is 14.2 Å². The second-order valence-corrected chi connectivity index (χ2v) is 5.73. The maximum atomic E-state index is 12.6. The van der Waals surface area contributed by atoms with Crippen LogP contribution in [0.2, 0.25) is 0 Å². The molecule has 0 N–H and O–H groups in total. The van der Waals surface area contributed by atoms with E-state index in [0.717, 1.165) is 0 Å². The number of ether oxygens (including phenoxy) is 3. The van der Waals surface area contributed by atoms with Gasteiger partial charge in [-0.25, -0.2) is 14.3 Å². The molecule has 2 aromatic carbocycles. The molecule has 0 aliphatic heterocycles. The fourth-order valence-electron chi connectivity index (χ4n) is 2.89. The van der Waals surface area contributed by atoms with Crippen LogP contribution in [-0.4, -0.2) is 42.5 Å². The zero-order valence-corrected chi connectivity index (χ0v) is 15.8. The summed E-state index contributed by atoms with van der Waals surface area (Å²) in [5.41, 5.74) is 1.46. The first-order valence-corrected chi connectivity index (χ1v) is 8.69. The summed E-state index contributed by atoms with van der Waals surface area (Å²) in [6.07, 6.45) is 0. The molecule has 1 aromatic heterocycles. The lowest BCUT2D eigenvalue weighted by molar-refractivity contribution is 0.0549. The monoisotopic (exact) mass is 380 g/mol. The Kier molecular flexibility index (Phi) is 5.74. The van der Waals surface area contributed by atoms with Gasteiger partial charge in [0.1, 0.15) is 17.0 Å². The molecule has 0 aliphatic carbocycles. The molecule has 0 amide bonds. The maximum absolute atomic E-state index is 12.6. The minimum atomic E-state index is -0.697. The van der Waals surface area contributed by atoms with Crippen molar-refractivity contribution >= 4 is 11.9 Å². The third-order valence-corrected chi connectivity index (χ3v) is 4.10. The van der Waals surface area contributed by atoms with Gasteiger partial charge in [-0.1, -0.05) is 30.3 Å². The van der Waals surface area contributed by atoms with Crippen molar-refractivity contribution in [3.05, 3.63) is 65.9 Å². The number of carbonyl (C=O) groups excluding carboxylic acids is 2. The van der Waals surface area contributed by atoms with Gasteiger partial charge >= 0.3 is 11.9 Å². The Labute approximate surface area is 162 Å². The number of aromatic nitrogens is 2. The Bertz CT molecular complexity index is 995. The molecule has 7 nitrogen and oxygen atoms in total. The van der Waals surface area contributed by atoms with Crippen molar-refractivity contribution in [2.24, 2.45) is 0 Å². The molecule has 0 saturated carbocycles. The highest BCUT2D eigenvalue weighted by molar-refractivity contribution is 6.07. The molecule has 28 heavy (non-hydrogen) atoms. The Hall–Kier alpha value is -3.61. The topological polar surface area (TPSA) is 79.7 Å². The second kappa shape index (κ2) is 8.39. The molecule has 0 atom stereocenters. The summed E-state index contributed by atoms with van der Waals surface area (Å²) in [7, 11) is 2.50. The lowest BCUT2D eigenvalue weighted by Crippen LogP contribution is -2.15. The molecule has 1 heterocycles. The third kappa shape index (κ3) is 3.46. The van der Waals surface area contributed by atoms with Crippen LogP contribution in [0.25, 0.3) is 16.9 Å². The van der Waals surface area contributed by atoms with Crippen LogP contribution in [0, 0.1) is 0 Å². The summed E-state index contributed by atoms with van der Waals surface area (Å²) in [5.74, 6) is -0.843. The highest BCUT2D eigenvalue weighted by Crippen LogP contribution is 2.34. The first kappa shape index (κ1) is 19.2. The summed E-state index contributed by atoms with van der Waals surface area (Å²) >= 11 is 0. The van der Waals surface area contributed by atoms with Crippen molar-refractivity contribution < 1.29 is 23.8 Å². The fraction of sp³-hybridized carbons (Fsp3) is 0.190. The van der Waals surface area contributed by atoms with E-state index in [4.69, 9.17) is 14.2 Å². The van der Waals surface area contributed by atoms with Crippen LogP contribution in [0.4, 0.5) is 0 Å². The number of carbonyl (C=O) groups is 2. The van der Waals surface area contributed by atoms with Crippen molar-refractivity contribution in [2.45, 2.75) is 6.92 Å². The zero-order chi connectivity index (χ0) is 20.1. The maximum Gasteiger partial charge on any atom is 0.357 e. The van der Waals surface area contributed by atoms with Crippen LogP contribution in [0.1, 0.15) is 27.8 Å². The third-order valence-electron chi connectivity index (χ3n) is 4.10. The largest absolute Gasteiger partial charge is 0.493 e. The number of methoxy groups -OCH3 is 2. The van der Waals surface area contributed by atoms with Gasteiger partial charge in [0.25, 0.3) is 0 Å².